The van der Waals surface area contributed by atoms with E-state index in [-0.39, 0.29) is 20.1 Å². The Kier molecular flexibility index (Phi) is 10.1. The fourth-order valence-electron chi connectivity index (χ4n) is 4.08. The summed E-state index contributed by atoms with van der Waals surface area (Å²) in [6.07, 6.45) is 3.75. The van der Waals surface area contributed by atoms with Crippen LogP contribution >= 0.6 is 0 Å². The molecule has 3 heterocycles. The largest absolute Gasteiger partial charge is 3.00 e. The minimum atomic E-state index is 0. The van der Waals surface area contributed by atoms with Crippen LogP contribution in [0.5, 0.6) is 0 Å². The van der Waals surface area contributed by atoms with Gasteiger partial charge >= 0.3 is 20.1 Å². The molecule has 0 amide bonds. The van der Waals surface area contributed by atoms with Crippen molar-refractivity contribution in [2.24, 2.45) is 0 Å². The van der Waals surface area contributed by atoms with Gasteiger partial charge < -0.3 is 4.98 Å². The molecule has 0 radical (unpaired) electrons. The predicted octanol–water partition coefficient (Wildman–Crippen LogP) is 8.86. The summed E-state index contributed by atoms with van der Waals surface area (Å²) in [4.78, 5) is 13.6. The smallest absolute Gasteiger partial charge is 0.345 e. The number of benzene rings is 3. The van der Waals surface area contributed by atoms with Gasteiger partial charge in [0.25, 0.3) is 0 Å². The summed E-state index contributed by atoms with van der Waals surface area (Å²) < 4.78 is 0. The number of nitrogens with zero attached hydrogens (tertiary/aromatic N) is 3. The minimum Gasteiger partial charge on any atom is -0.345 e. The number of aryl methyl sites for hydroxylation is 4. The van der Waals surface area contributed by atoms with Crippen LogP contribution in [0.3, 0.4) is 0 Å². The average molecular weight is 709 g/mol. The van der Waals surface area contributed by atoms with E-state index in [9.17, 15) is 0 Å². The molecule has 0 saturated carbocycles. The Morgan fingerprint density at radius 3 is 1.27 bits per heavy atom. The van der Waals surface area contributed by atoms with Crippen molar-refractivity contribution < 1.29 is 20.1 Å². The number of pyridine rings is 3. The summed E-state index contributed by atoms with van der Waals surface area (Å²) >= 11 is 0. The van der Waals surface area contributed by atoms with Crippen molar-refractivity contribution in [3.8, 4) is 45.0 Å². The molecule has 6 aromatic rings. The first-order valence-corrected chi connectivity index (χ1v) is 13.3. The molecule has 0 bridgehead atoms. The van der Waals surface area contributed by atoms with E-state index < -0.39 is 0 Å². The molecule has 0 saturated heterocycles. The molecule has 0 atom stereocenters. The molecule has 6 rings (SSSR count). The van der Waals surface area contributed by atoms with E-state index >= 15 is 0 Å². The normalized spacial score (nSPS) is 10.2. The van der Waals surface area contributed by atoms with Crippen molar-refractivity contribution >= 4 is 0 Å². The second-order valence-corrected chi connectivity index (χ2v) is 9.89. The number of hydrogen-bond acceptors (Lipinski definition) is 3. The second kappa shape index (κ2) is 13.9. The zero-order valence-corrected chi connectivity index (χ0v) is 26.0. The average Bonchev–Trinajstić information content (AvgIpc) is 2.99. The molecule has 202 valence electrons. The van der Waals surface area contributed by atoms with E-state index in [0.717, 1.165) is 56.2 Å². The van der Waals surface area contributed by atoms with Crippen molar-refractivity contribution in [3.05, 3.63) is 150 Å². The molecule has 4 heteroatoms. The maximum Gasteiger partial charge on any atom is 3.00 e. The molecule has 0 aliphatic carbocycles. The van der Waals surface area contributed by atoms with Crippen LogP contribution in [-0.4, -0.2) is 15.0 Å². The second-order valence-electron chi connectivity index (χ2n) is 9.89. The number of hydrogen-bond donors (Lipinski definition) is 0. The third-order valence-electron chi connectivity index (χ3n) is 6.41. The van der Waals surface area contributed by atoms with Crippen LogP contribution in [0.25, 0.3) is 45.0 Å². The van der Waals surface area contributed by atoms with E-state index in [1.807, 2.05) is 86.9 Å². The molecule has 0 N–H and O–H groups in total. The van der Waals surface area contributed by atoms with Gasteiger partial charge in [-0.05, 0) is 36.4 Å². The third-order valence-corrected chi connectivity index (χ3v) is 6.41. The van der Waals surface area contributed by atoms with Crippen LogP contribution in [0.2, 0.25) is 0 Å². The maximum absolute atomic E-state index is 4.71. The monoisotopic (exact) mass is 709 g/mol. The third kappa shape index (κ3) is 7.91. The van der Waals surface area contributed by atoms with Gasteiger partial charge in [-0.2, -0.15) is 0 Å². The molecule has 3 aromatic heterocycles. The number of rotatable bonds is 4. The number of aromatic nitrogens is 3. The summed E-state index contributed by atoms with van der Waals surface area (Å²) in [6.45, 7) is 8.19. The molecule has 0 spiro atoms. The summed E-state index contributed by atoms with van der Waals surface area (Å²) in [5.74, 6) is 0. The molecule has 0 aliphatic heterocycles. The van der Waals surface area contributed by atoms with Gasteiger partial charge in [0.15, 0.2) is 0 Å². The van der Waals surface area contributed by atoms with E-state index in [1.165, 1.54) is 11.1 Å². The quantitative estimate of drug-likeness (QED) is 0.172. The Morgan fingerprint density at radius 1 is 0.439 bits per heavy atom. The van der Waals surface area contributed by atoms with Crippen molar-refractivity contribution in [1.29, 1.82) is 0 Å². The van der Waals surface area contributed by atoms with E-state index in [2.05, 4.69) is 78.4 Å². The van der Waals surface area contributed by atoms with Gasteiger partial charge in [0.05, 0.1) is 0 Å². The summed E-state index contributed by atoms with van der Waals surface area (Å²) in [7, 11) is 0. The first kappa shape index (κ1) is 29.7. The Labute approximate surface area is 256 Å². The Bertz CT molecular complexity index is 1440. The maximum atomic E-state index is 4.71. The Morgan fingerprint density at radius 2 is 0.878 bits per heavy atom. The van der Waals surface area contributed by atoms with E-state index in [0.29, 0.717) is 0 Å². The van der Waals surface area contributed by atoms with Gasteiger partial charge in [-0.15, -0.1) is 95.1 Å². The minimum absolute atomic E-state index is 0. The van der Waals surface area contributed by atoms with Gasteiger partial charge in [-0.3, -0.25) is 9.97 Å². The Hall–Kier alpha value is -4.24. The van der Waals surface area contributed by atoms with Gasteiger partial charge in [0, 0.05) is 23.8 Å². The zero-order chi connectivity index (χ0) is 27.9. The van der Waals surface area contributed by atoms with Gasteiger partial charge in [-0.1, -0.05) is 67.4 Å². The van der Waals surface area contributed by atoms with Crippen LogP contribution in [0.1, 0.15) is 22.3 Å². The molecule has 3 nitrogen and oxygen atoms in total. The molecular formula is C37H30IrN3. The fraction of sp³-hybridized carbons (Fsp3) is 0.108. The van der Waals surface area contributed by atoms with Crippen molar-refractivity contribution in [1.82, 2.24) is 15.0 Å². The van der Waals surface area contributed by atoms with Crippen molar-refractivity contribution in [2.75, 3.05) is 0 Å². The van der Waals surface area contributed by atoms with Crippen LogP contribution in [0.15, 0.2) is 109 Å². The van der Waals surface area contributed by atoms with Crippen LogP contribution < -0.4 is 0 Å². The van der Waals surface area contributed by atoms with Crippen LogP contribution in [-0.2, 0) is 20.1 Å². The van der Waals surface area contributed by atoms with E-state index in [4.69, 9.17) is 4.98 Å². The molecule has 41 heavy (non-hydrogen) atoms. The molecule has 0 aliphatic rings. The van der Waals surface area contributed by atoms with Crippen molar-refractivity contribution in [3.63, 3.8) is 0 Å². The van der Waals surface area contributed by atoms with Gasteiger partial charge in [-0.25, -0.2) is 0 Å². The fourth-order valence-corrected chi connectivity index (χ4v) is 4.08. The van der Waals surface area contributed by atoms with E-state index in [1.54, 1.807) is 0 Å². The zero-order valence-electron chi connectivity index (χ0n) is 23.6. The predicted molar refractivity (Wildman–Crippen MR) is 163 cm³/mol. The summed E-state index contributed by atoms with van der Waals surface area (Å²) in [6, 6.07) is 42.5. The SMILES string of the molecule is Cc1c[c-]c(-c2cccc(-c3[c-]cc(C)cc3)n2)cc1.Cc1ccc(-c2[c-]c(-c3ccc(C)cn3)ccc2)nc1.[Ir+3]. The topological polar surface area (TPSA) is 38.7 Å². The Balaban J connectivity index is 0.000000184. The standard InChI is InChI=1S/C19H15N.C18H15N2.Ir/c1-14-6-10-16(11-7-14)18-4-3-5-19(20-18)17-12-8-15(2)9-13-17;1-13-6-8-17(19-11-13)15-4-3-5-16(10-15)18-9-7-14(2)12-20-18;/h3-10,12H,1-2H3;3-9,11-12H,1-2H3;/q-2;-1;+3. The van der Waals surface area contributed by atoms with Crippen LogP contribution in [0, 0.1) is 45.9 Å². The summed E-state index contributed by atoms with van der Waals surface area (Å²) in [5.41, 5.74) is 12.5. The molecule has 0 unspecified atom stereocenters. The van der Waals surface area contributed by atoms with Crippen LogP contribution in [0.4, 0.5) is 0 Å². The van der Waals surface area contributed by atoms with Crippen molar-refractivity contribution in [2.45, 2.75) is 27.7 Å². The first-order chi connectivity index (χ1) is 19.4. The molecule has 0 fully saturated rings. The van der Waals surface area contributed by atoms with Gasteiger partial charge in [0.2, 0.25) is 0 Å². The van der Waals surface area contributed by atoms with Gasteiger partial charge in [0.1, 0.15) is 0 Å². The molecular weight excluding hydrogens is 679 g/mol. The first-order valence-electron chi connectivity index (χ1n) is 13.3. The molecule has 3 aromatic carbocycles. The summed E-state index contributed by atoms with van der Waals surface area (Å²) in [5, 5.41) is 0.